The Kier molecular flexibility index (Phi) is 7.30. The minimum atomic E-state index is 0.850. The molecular formula is C15H29N5. The Morgan fingerprint density at radius 2 is 1.70 bits per heavy atom. The van der Waals surface area contributed by atoms with Crippen LogP contribution in [0, 0.1) is 6.92 Å². The van der Waals surface area contributed by atoms with E-state index < -0.39 is 0 Å². The Morgan fingerprint density at radius 1 is 1.05 bits per heavy atom. The molecule has 5 nitrogen and oxygen atoms in total. The molecule has 0 aromatic carbocycles. The van der Waals surface area contributed by atoms with Crippen LogP contribution in [0.15, 0.2) is 0 Å². The summed E-state index contributed by atoms with van der Waals surface area (Å²) in [6.07, 6.45) is 1.98. The molecule has 0 saturated heterocycles. The van der Waals surface area contributed by atoms with Crippen LogP contribution in [0.1, 0.15) is 38.6 Å². The van der Waals surface area contributed by atoms with Crippen molar-refractivity contribution in [3.8, 4) is 0 Å². The van der Waals surface area contributed by atoms with E-state index in [0.717, 1.165) is 62.0 Å². The molecule has 0 amide bonds. The fourth-order valence-corrected chi connectivity index (χ4v) is 2.19. The number of aromatic nitrogens is 2. The zero-order chi connectivity index (χ0) is 15.0. The highest BCUT2D eigenvalue weighted by molar-refractivity contribution is 5.56. The van der Waals surface area contributed by atoms with Crippen molar-refractivity contribution in [2.45, 2.75) is 40.5 Å². The predicted molar refractivity (Wildman–Crippen MR) is 86.6 cm³/mol. The van der Waals surface area contributed by atoms with Crippen LogP contribution < -0.4 is 10.6 Å². The maximum absolute atomic E-state index is 4.58. The zero-order valence-corrected chi connectivity index (χ0v) is 13.6. The molecule has 0 unspecified atom stereocenters. The molecule has 0 spiro atoms. The molecule has 0 saturated carbocycles. The topological polar surface area (TPSA) is 53.1 Å². The second-order valence-corrected chi connectivity index (χ2v) is 4.87. The number of nitrogens with one attached hydrogen (secondary N) is 2. The van der Waals surface area contributed by atoms with E-state index in [1.165, 1.54) is 0 Å². The summed E-state index contributed by atoms with van der Waals surface area (Å²) in [6, 6.07) is 0. The van der Waals surface area contributed by atoms with E-state index in [-0.39, 0.29) is 0 Å². The molecule has 0 aliphatic carbocycles. The van der Waals surface area contributed by atoms with Gasteiger partial charge in [-0.25, -0.2) is 9.97 Å². The number of hydrogen-bond acceptors (Lipinski definition) is 5. The molecule has 0 bridgehead atoms. The third-order valence-electron chi connectivity index (χ3n) is 3.58. The molecule has 1 heterocycles. The van der Waals surface area contributed by atoms with E-state index >= 15 is 0 Å². The van der Waals surface area contributed by atoms with Gasteiger partial charge in [-0.15, -0.1) is 0 Å². The first kappa shape index (κ1) is 16.7. The number of hydrogen-bond donors (Lipinski definition) is 2. The van der Waals surface area contributed by atoms with Crippen LogP contribution in [0.5, 0.6) is 0 Å². The highest BCUT2D eigenvalue weighted by Gasteiger charge is 2.08. The fraction of sp³-hybridized carbons (Fsp3) is 0.733. The SMILES string of the molecule is CCc1nc(NC)c(C)c(NCCCN(CC)CC)n1. The van der Waals surface area contributed by atoms with E-state index in [4.69, 9.17) is 0 Å². The minimum absolute atomic E-state index is 0.850. The Morgan fingerprint density at radius 3 is 2.25 bits per heavy atom. The van der Waals surface area contributed by atoms with E-state index in [2.05, 4.69) is 53.2 Å². The average molecular weight is 279 g/mol. The first-order chi connectivity index (χ1) is 9.65. The van der Waals surface area contributed by atoms with Gasteiger partial charge in [0.2, 0.25) is 0 Å². The molecular weight excluding hydrogens is 250 g/mol. The quantitative estimate of drug-likeness (QED) is 0.680. The van der Waals surface area contributed by atoms with Crippen molar-refractivity contribution >= 4 is 11.6 Å². The largest absolute Gasteiger partial charge is 0.373 e. The van der Waals surface area contributed by atoms with Gasteiger partial charge >= 0.3 is 0 Å². The first-order valence-corrected chi connectivity index (χ1v) is 7.67. The summed E-state index contributed by atoms with van der Waals surface area (Å²) >= 11 is 0. The summed E-state index contributed by atoms with van der Waals surface area (Å²) < 4.78 is 0. The van der Waals surface area contributed by atoms with Gasteiger partial charge in [-0.1, -0.05) is 20.8 Å². The van der Waals surface area contributed by atoms with Crippen LogP contribution in [0.25, 0.3) is 0 Å². The molecule has 1 aromatic rings. The minimum Gasteiger partial charge on any atom is -0.373 e. The van der Waals surface area contributed by atoms with Gasteiger partial charge in [0.05, 0.1) is 0 Å². The molecule has 2 N–H and O–H groups in total. The Balaban J connectivity index is 2.59. The van der Waals surface area contributed by atoms with Crippen molar-refractivity contribution in [1.82, 2.24) is 14.9 Å². The lowest BCUT2D eigenvalue weighted by molar-refractivity contribution is 0.303. The summed E-state index contributed by atoms with van der Waals surface area (Å²) in [5, 5.41) is 6.59. The van der Waals surface area contributed by atoms with Crippen molar-refractivity contribution in [3.63, 3.8) is 0 Å². The van der Waals surface area contributed by atoms with Crippen LogP contribution in [0.2, 0.25) is 0 Å². The second-order valence-electron chi connectivity index (χ2n) is 4.87. The van der Waals surface area contributed by atoms with Crippen molar-refractivity contribution in [3.05, 3.63) is 11.4 Å². The predicted octanol–water partition coefficient (Wildman–Crippen LogP) is 2.53. The van der Waals surface area contributed by atoms with Crippen molar-refractivity contribution in [1.29, 1.82) is 0 Å². The average Bonchev–Trinajstić information content (AvgIpc) is 2.48. The van der Waals surface area contributed by atoms with Crippen LogP contribution in [0.3, 0.4) is 0 Å². The van der Waals surface area contributed by atoms with Gasteiger partial charge in [-0.05, 0) is 33.0 Å². The van der Waals surface area contributed by atoms with E-state index in [0.29, 0.717) is 0 Å². The van der Waals surface area contributed by atoms with Gasteiger partial charge in [0, 0.05) is 25.6 Å². The monoisotopic (exact) mass is 279 g/mol. The van der Waals surface area contributed by atoms with Gasteiger partial charge < -0.3 is 15.5 Å². The molecule has 0 fully saturated rings. The highest BCUT2D eigenvalue weighted by Crippen LogP contribution is 2.19. The maximum atomic E-state index is 4.58. The van der Waals surface area contributed by atoms with Crippen LogP contribution >= 0.6 is 0 Å². The summed E-state index contributed by atoms with van der Waals surface area (Å²) in [5.41, 5.74) is 1.09. The normalized spacial score (nSPS) is 10.9. The van der Waals surface area contributed by atoms with E-state index in [1.807, 2.05) is 7.05 Å². The van der Waals surface area contributed by atoms with Crippen molar-refractivity contribution in [2.24, 2.45) is 0 Å². The summed E-state index contributed by atoms with van der Waals surface area (Å²) in [5.74, 6) is 2.76. The Labute approximate surface area is 123 Å². The molecule has 0 aliphatic rings. The van der Waals surface area contributed by atoms with E-state index in [1.54, 1.807) is 0 Å². The Hall–Kier alpha value is -1.36. The lowest BCUT2D eigenvalue weighted by atomic mass is 10.2. The Bertz CT molecular complexity index is 401. The van der Waals surface area contributed by atoms with Crippen LogP contribution in [-0.2, 0) is 6.42 Å². The standard InChI is InChI=1S/C15H29N5/c1-6-13-18-14(16-5)12(4)15(19-13)17-10-9-11-20(7-2)8-3/h6-11H2,1-5H3,(H2,16,17,18,19). The number of anilines is 2. The molecule has 1 rings (SSSR count). The third kappa shape index (κ3) is 4.63. The van der Waals surface area contributed by atoms with Crippen molar-refractivity contribution in [2.75, 3.05) is 43.9 Å². The molecule has 0 aliphatic heterocycles. The summed E-state index contributed by atoms with van der Waals surface area (Å²) in [4.78, 5) is 11.5. The molecule has 20 heavy (non-hydrogen) atoms. The fourth-order valence-electron chi connectivity index (χ4n) is 2.19. The van der Waals surface area contributed by atoms with Crippen LogP contribution in [-0.4, -0.2) is 48.1 Å². The smallest absolute Gasteiger partial charge is 0.134 e. The molecule has 5 heteroatoms. The van der Waals surface area contributed by atoms with Crippen LogP contribution in [0.4, 0.5) is 11.6 Å². The zero-order valence-electron chi connectivity index (χ0n) is 13.6. The molecule has 0 radical (unpaired) electrons. The summed E-state index contributed by atoms with van der Waals surface area (Å²) in [6.45, 7) is 12.9. The lowest BCUT2D eigenvalue weighted by Crippen LogP contribution is -2.25. The lowest BCUT2D eigenvalue weighted by Gasteiger charge is -2.18. The first-order valence-electron chi connectivity index (χ1n) is 7.67. The third-order valence-corrected chi connectivity index (χ3v) is 3.58. The number of aryl methyl sites for hydroxylation is 1. The molecule has 114 valence electrons. The maximum Gasteiger partial charge on any atom is 0.134 e. The second kappa shape index (κ2) is 8.74. The molecule has 0 atom stereocenters. The van der Waals surface area contributed by atoms with Gasteiger partial charge in [0.15, 0.2) is 0 Å². The van der Waals surface area contributed by atoms with Gasteiger partial charge in [-0.3, -0.25) is 0 Å². The van der Waals surface area contributed by atoms with Gasteiger partial charge in [0.25, 0.3) is 0 Å². The highest BCUT2D eigenvalue weighted by atomic mass is 15.1. The van der Waals surface area contributed by atoms with E-state index in [9.17, 15) is 0 Å². The van der Waals surface area contributed by atoms with Gasteiger partial charge in [-0.2, -0.15) is 0 Å². The molecule has 1 aromatic heterocycles. The van der Waals surface area contributed by atoms with Gasteiger partial charge in [0.1, 0.15) is 17.5 Å². The number of rotatable bonds is 9. The number of nitrogens with zero attached hydrogens (tertiary/aromatic N) is 3. The summed E-state index contributed by atoms with van der Waals surface area (Å²) in [7, 11) is 1.90. The van der Waals surface area contributed by atoms with Crippen molar-refractivity contribution < 1.29 is 0 Å².